The van der Waals surface area contributed by atoms with Crippen molar-refractivity contribution in [3.63, 3.8) is 0 Å². The highest BCUT2D eigenvalue weighted by molar-refractivity contribution is 5.73. The zero-order valence-electron chi connectivity index (χ0n) is 21.4. The monoisotopic (exact) mass is 547 g/mol. The van der Waals surface area contributed by atoms with Crippen LogP contribution in [0.25, 0.3) is 0 Å². The molecule has 15 nitrogen and oxygen atoms in total. The second-order valence-corrected chi connectivity index (χ2v) is 8.83. The Kier molecular flexibility index (Phi) is 11.6. The number of rotatable bonds is 13. The minimum atomic E-state index is -1.69. The molecule has 0 radical (unpaired) electrons. The molecule has 6 N–H and O–H groups in total. The molecule has 216 valence electrons. The van der Waals surface area contributed by atoms with Crippen molar-refractivity contribution < 1.29 is 53.7 Å². The van der Waals surface area contributed by atoms with Crippen LogP contribution in [0.1, 0.15) is 6.92 Å². The molecule has 10 atom stereocenters. The van der Waals surface area contributed by atoms with Crippen LogP contribution >= 0.6 is 0 Å². The van der Waals surface area contributed by atoms with Crippen molar-refractivity contribution >= 4 is 5.97 Å². The van der Waals surface area contributed by atoms with Gasteiger partial charge >= 0.3 is 5.97 Å². The zero-order chi connectivity index (χ0) is 27.8. The average molecular weight is 548 g/mol. The van der Waals surface area contributed by atoms with Gasteiger partial charge in [0.1, 0.15) is 42.7 Å². The molecule has 2 saturated heterocycles. The summed E-state index contributed by atoms with van der Waals surface area (Å²) in [6.07, 6.45) is -10.7. The standard InChI is InChI=1S/C23H37N3O12/c1-4-35-25-14-18(37-23-17(30)16(29)19(33-2)20(38-23)21(31)32)15(28)12(36-22(14)34-3)11-24-8-10-26-9-6-5-7-13(26)27/h5-7,9,12,14-20,22-25,28-30H,4,8,10-11H2,1-3H3,(H,31,32). The van der Waals surface area contributed by atoms with Crippen LogP contribution in [-0.2, 0) is 39.9 Å². The second kappa shape index (κ2) is 14.4. The number of hydrogen-bond donors (Lipinski definition) is 6. The first-order valence-electron chi connectivity index (χ1n) is 12.3. The molecule has 0 aliphatic carbocycles. The molecule has 0 bridgehead atoms. The van der Waals surface area contributed by atoms with Gasteiger partial charge in [0, 0.05) is 46.1 Å². The molecule has 0 aromatic carbocycles. The highest BCUT2D eigenvalue weighted by Crippen LogP contribution is 2.30. The van der Waals surface area contributed by atoms with Crippen LogP contribution in [0.15, 0.2) is 29.2 Å². The number of aromatic nitrogens is 1. The lowest BCUT2D eigenvalue weighted by molar-refractivity contribution is -0.343. The average Bonchev–Trinajstić information content (AvgIpc) is 2.90. The number of carboxylic acids is 1. The van der Waals surface area contributed by atoms with Crippen molar-refractivity contribution in [3.8, 4) is 0 Å². The lowest BCUT2D eigenvalue weighted by Gasteiger charge is -2.47. The lowest BCUT2D eigenvalue weighted by Crippen LogP contribution is -2.68. The smallest absolute Gasteiger partial charge is 0.335 e. The van der Waals surface area contributed by atoms with Crippen LogP contribution in [0, 0.1) is 0 Å². The summed E-state index contributed by atoms with van der Waals surface area (Å²) in [7, 11) is 2.56. The van der Waals surface area contributed by atoms with E-state index in [1.807, 2.05) is 0 Å². The van der Waals surface area contributed by atoms with Gasteiger partial charge in [0.2, 0.25) is 0 Å². The number of pyridine rings is 1. The van der Waals surface area contributed by atoms with Gasteiger partial charge in [0.15, 0.2) is 18.7 Å². The van der Waals surface area contributed by atoms with Crippen molar-refractivity contribution in [1.29, 1.82) is 0 Å². The van der Waals surface area contributed by atoms with Gasteiger partial charge in [-0.05, 0) is 13.0 Å². The van der Waals surface area contributed by atoms with E-state index in [4.69, 9.17) is 28.5 Å². The zero-order valence-corrected chi connectivity index (χ0v) is 21.4. The first kappa shape index (κ1) is 30.5. The first-order chi connectivity index (χ1) is 18.2. The molecule has 10 unspecified atom stereocenters. The Morgan fingerprint density at radius 3 is 2.45 bits per heavy atom. The summed E-state index contributed by atoms with van der Waals surface area (Å²) < 4.78 is 29.2. The van der Waals surface area contributed by atoms with Crippen LogP contribution in [-0.4, -0.2) is 126 Å². The van der Waals surface area contributed by atoms with Crippen molar-refractivity contribution in [2.24, 2.45) is 0 Å². The fraction of sp³-hybridized carbons (Fsp3) is 0.739. The summed E-state index contributed by atoms with van der Waals surface area (Å²) in [6.45, 7) is 2.86. The molecular formula is C23H37N3O12. The molecule has 3 rings (SSSR count). The minimum absolute atomic E-state index is 0.129. The van der Waals surface area contributed by atoms with E-state index in [1.54, 1.807) is 25.3 Å². The van der Waals surface area contributed by atoms with Crippen LogP contribution in [0.2, 0.25) is 0 Å². The molecule has 3 heterocycles. The Labute approximate surface area is 219 Å². The molecule has 2 aliphatic rings. The van der Waals surface area contributed by atoms with Gasteiger partial charge in [0.05, 0.1) is 6.61 Å². The van der Waals surface area contributed by atoms with Crippen molar-refractivity contribution in [1.82, 2.24) is 15.4 Å². The van der Waals surface area contributed by atoms with Crippen LogP contribution in [0.5, 0.6) is 0 Å². The third-order valence-corrected chi connectivity index (χ3v) is 6.39. The van der Waals surface area contributed by atoms with E-state index < -0.39 is 67.3 Å². The van der Waals surface area contributed by atoms with E-state index in [1.165, 1.54) is 24.9 Å². The molecular weight excluding hydrogens is 510 g/mol. The summed E-state index contributed by atoms with van der Waals surface area (Å²) in [5.41, 5.74) is 2.56. The number of nitrogens with one attached hydrogen (secondary N) is 2. The van der Waals surface area contributed by atoms with Gasteiger partial charge in [0.25, 0.3) is 5.56 Å². The molecule has 1 aromatic rings. The largest absolute Gasteiger partial charge is 0.479 e. The second-order valence-electron chi connectivity index (χ2n) is 8.83. The maximum absolute atomic E-state index is 11.9. The van der Waals surface area contributed by atoms with Gasteiger partial charge in [-0.3, -0.25) is 4.79 Å². The minimum Gasteiger partial charge on any atom is -0.479 e. The van der Waals surface area contributed by atoms with E-state index in [9.17, 15) is 30.0 Å². The fourth-order valence-electron chi connectivity index (χ4n) is 4.41. The van der Waals surface area contributed by atoms with E-state index >= 15 is 0 Å². The summed E-state index contributed by atoms with van der Waals surface area (Å²) in [6, 6.07) is 3.91. The molecule has 0 amide bonds. The lowest BCUT2D eigenvalue weighted by atomic mass is 9.95. The molecule has 0 saturated carbocycles. The third kappa shape index (κ3) is 7.13. The Morgan fingerprint density at radius 1 is 1.05 bits per heavy atom. The predicted molar refractivity (Wildman–Crippen MR) is 128 cm³/mol. The maximum atomic E-state index is 11.9. The van der Waals surface area contributed by atoms with Crippen LogP contribution in [0.3, 0.4) is 0 Å². The number of ether oxygens (including phenoxy) is 5. The number of aliphatic hydroxyl groups excluding tert-OH is 3. The number of aliphatic hydroxyl groups is 3. The summed E-state index contributed by atoms with van der Waals surface area (Å²) >= 11 is 0. The van der Waals surface area contributed by atoms with E-state index in [2.05, 4.69) is 10.8 Å². The number of carboxylic acid groups (broad SMARTS) is 1. The summed E-state index contributed by atoms with van der Waals surface area (Å²) in [5.74, 6) is -1.43. The molecule has 0 spiro atoms. The number of carbonyl (C=O) groups is 1. The number of aliphatic carboxylic acids is 1. The van der Waals surface area contributed by atoms with Gasteiger partial charge in [-0.2, -0.15) is 5.48 Å². The van der Waals surface area contributed by atoms with E-state index in [-0.39, 0.29) is 18.7 Å². The van der Waals surface area contributed by atoms with E-state index in [0.717, 1.165) is 0 Å². The number of methoxy groups -OCH3 is 2. The number of hydrogen-bond acceptors (Lipinski definition) is 13. The maximum Gasteiger partial charge on any atom is 0.335 e. The predicted octanol–water partition coefficient (Wildman–Crippen LogP) is -2.99. The Balaban J connectivity index is 1.73. The normalized spacial score (nSPS) is 35.7. The van der Waals surface area contributed by atoms with Gasteiger partial charge in [-0.15, -0.1) is 0 Å². The Morgan fingerprint density at radius 2 is 1.82 bits per heavy atom. The Bertz CT molecular complexity index is 935. The van der Waals surface area contributed by atoms with E-state index in [0.29, 0.717) is 13.1 Å². The summed E-state index contributed by atoms with van der Waals surface area (Å²) in [5, 5.41) is 44.9. The summed E-state index contributed by atoms with van der Waals surface area (Å²) in [4.78, 5) is 28.9. The van der Waals surface area contributed by atoms with Gasteiger partial charge < -0.3 is 58.8 Å². The molecule has 2 aliphatic heterocycles. The SMILES string of the molecule is CCONC1C(OC)OC(CNCCn2ccccc2=O)C(O)C1OC1OC(C(=O)O)C(OC)C(O)C1O. The quantitative estimate of drug-likeness (QED) is 0.108. The molecule has 15 heteroatoms. The number of nitrogens with zero attached hydrogens (tertiary/aromatic N) is 1. The van der Waals surface area contributed by atoms with Crippen LogP contribution < -0.4 is 16.4 Å². The third-order valence-electron chi connectivity index (χ3n) is 6.39. The molecule has 2 fully saturated rings. The van der Waals surface area contributed by atoms with Crippen molar-refractivity contribution in [2.45, 2.75) is 74.8 Å². The first-order valence-corrected chi connectivity index (χ1v) is 12.3. The fourth-order valence-corrected chi connectivity index (χ4v) is 4.41. The highest BCUT2D eigenvalue weighted by Gasteiger charge is 2.53. The topological polar surface area (TPSA) is 199 Å². The van der Waals surface area contributed by atoms with Gasteiger partial charge in [-0.1, -0.05) is 6.07 Å². The van der Waals surface area contributed by atoms with Crippen molar-refractivity contribution in [3.05, 3.63) is 34.7 Å². The molecule has 1 aromatic heterocycles. The molecule has 38 heavy (non-hydrogen) atoms. The van der Waals surface area contributed by atoms with Gasteiger partial charge in [-0.25, -0.2) is 4.79 Å². The van der Waals surface area contributed by atoms with Crippen LogP contribution in [0.4, 0.5) is 0 Å². The Hall–Kier alpha value is -2.02. The number of hydroxylamine groups is 1. The van der Waals surface area contributed by atoms with Crippen molar-refractivity contribution in [2.75, 3.05) is 33.9 Å². The highest BCUT2D eigenvalue weighted by atomic mass is 16.7.